The van der Waals surface area contributed by atoms with Crippen LogP contribution in [0.5, 0.6) is 0 Å². The van der Waals surface area contributed by atoms with Crippen molar-refractivity contribution in [3.8, 4) is 0 Å². The van der Waals surface area contributed by atoms with Gasteiger partial charge in [-0.3, -0.25) is 4.79 Å². The third-order valence-electron chi connectivity index (χ3n) is 2.77. The zero-order valence-electron chi connectivity index (χ0n) is 10.6. The molecule has 0 amide bonds. The Bertz CT molecular complexity index is 599. The lowest BCUT2D eigenvalue weighted by Gasteiger charge is -2.11. The van der Waals surface area contributed by atoms with E-state index in [1.807, 2.05) is 33.8 Å². The molecule has 0 unspecified atom stereocenters. The van der Waals surface area contributed by atoms with Crippen LogP contribution >= 0.6 is 0 Å². The van der Waals surface area contributed by atoms with Crippen LogP contribution in [0.3, 0.4) is 0 Å². The molecule has 0 spiro atoms. The van der Waals surface area contributed by atoms with Gasteiger partial charge in [-0.25, -0.2) is 9.97 Å². The molecule has 2 aromatic rings. The second kappa shape index (κ2) is 4.28. The van der Waals surface area contributed by atoms with Crippen LogP contribution in [0.15, 0.2) is 23.3 Å². The molecule has 2 rings (SSSR count). The molecule has 0 bridgehead atoms. The summed E-state index contributed by atoms with van der Waals surface area (Å²) in [6.07, 6.45) is 3.44. The SMILES string of the molecule is CC(C)c1ncc2c(=O)n(C(C)C)ccc2n1. The Morgan fingerprint density at radius 3 is 2.53 bits per heavy atom. The van der Waals surface area contributed by atoms with Gasteiger partial charge in [0.1, 0.15) is 5.82 Å². The van der Waals surface area contributed by atoms with E-state index in [0.29, 0.717) is 5.39 Å². The summed E-state index contributed by atoms with van der Waals surface area (Å²) in [5.41, 5.74) is 0.707. The summed E-state index contributed by atoms with van der Waals surface area (Å²) in [5.74, 6) is 1.05. The molecule has 0 aliphatic rings. The van der Waals surface area contributed by atoms with Crippen molar-refractivity contribution in [2.24, 2.45) is 0 Å². The van der Waals surface area contributed by atoms with Gasteiger partial charge in [0.2, 0.25) is 0 Å². The molecule has 0 aliphatic carbocycles. The molecule has 0 radical (unpaired) electrons. The molecule has 0 fully saturated rings. The third-order valence-corrected chi connectivity index (χ3v) is 2.77. The highest BCUT2D eigenvalue weighted by molar-refractivity contribution is 5.76. The fourth-order valence-electron chi connectivity index (χ4n) is 1.74. The maximum absolute atomic E-state index is 12.1. The van der Waals surface area contributed by atoms with Crippen molar-refractivity contribution in [2.75, 3.05) is 0 Å². The van der Waals surface area contributed by atoms with Crippen LogP contribution in [0.25, 0.3) is 10.9 Å². The van der Waals surface area contributed by atoms with Crippen LogP contribution in [0.1, 0.15) is 45.5 Å². The fraction of sp³-hybridized carbons (Fsp3) is 0.462. The molecule has 0 aliphatic heterocycles. The van der Waals surface area contributed by atoms with Crippen LogP contribution in [0.4, 0.5) is 0 Å². The number of fused-ring (bicyclic) bond motifs is 1. The first-order chi connectivity index (χ1) is 8.00. The van der Waals surface area contributed by atoms with E-state index in [1.165, 1.54) is 0 Å². The normalized spacial score (nSPS) is 11.6. The maximum atomic E-state index is 12.1. The van der Waals surface area contributed by atoms with Crippen LogP contribution < -0.4 is 5.56 Å². The van der Waals surface area contributed by atoms with Gasteiger partial charge in [-0.15, -0.1) is 0 Å². The van der Waals surface area contributed by atoms with E-state index in [0.717, 1.165) is 11.3 Å². The first kappa shape index (κ1) is 11.8. The lowest BCUT2D eigenvalue weighted by molar-refractivity contribution is 0.582. The monoisotopic (exact) mass is 231 g/mol. The summed E-state index contributed by atoms with van der Waals surface area (Å²) in [6.45, 7) is 8.04. The largest absolute Gasteiger partial charge is 0.312 e. The van der Waals surface area contributed by atoms with Gasteiger partial charge in [0, 0.05) is 24.4 Å². The second-order valence-electron chi connectivity index (χ2n) is 4.80. The molecule has 0 atom stereocenters. The van der Waals surface area contributed by atoms with E-state index >= 15 is 0 Å². The number of aromatic nitrogens is 3. The van der Waals surface area contributed by atoms with Crippen molar-refractivity contribution < 1.29 is 0 Å². The Morgan fingerprint density at radius 1 is 1.24 bits per heavy atom. The molecule has 4 nitrogen and oxygen atoms in total. The zero-order chi connectivity index (χ0) is 12.6. The summed E-state index contributed by atoms with van der Waals surface area (Å²) in [5, 5.41) is 0.589. The third kappa shape index (κ3) is 2.07. The summed E-state index contributed by atoms with van der Waals surface area (Å²) in [4.78, 5) is 20.8. The quantitative estimate of drug-likeness (QED) is 0.797. The highest BCUT2D eigenvalue weighted by Crippen LogP contribution is 2.13. The molecule has 90 valence electrons. The minimum atomic E-state index is -0.0205. The van der Waals surface area contributed by atoms with Crippen LogP contribution in [0, 0.1) is 0 Å². The number of hydrogen-bond acceptors (Lipinski definition) is 3. The molecule has 0 saturated carbocycles. The molecular formula is C13H17N3O. The smallest absolute Gasteiger partial charge is 0.261 e. The fourth-order valence-corrected chi connectivity index (χ4v) is 1.74. The van der Waals surface area contributed by atoms with Gasteiger partial charge >= 0.3 is 0 Å². The second-order valence-corrected chi connectivity index (χ2v) is 4.80. The standard InChI is InChI=1S/C13H17N3O/c1-8(2)12-14-7-10-11(15-12)5-6-16(9(3)4)13(10)17/h5-9H,1-4H3. The summed E-state index contributed by atoms with van der Waals surface area (Å²) in [6, 6.07) is 2.03. The van der Waals surface area contributed by atoms with Gasteiger partial charge < -0.3 is 4.57 Å². The molecular weight excluding hydrogens is 214 g/mol. The van der Waals surface area contributed by atoms with Crippen molar-refractivity contribution in [3.63, 3.8) is 0 Å². The van der Waals surface area contributed by atoms with Crippen molar-refractivity contribution in [1.82, 2.24) is 14.5 Å². The maximum Gasteiger partial charge on any atom is 0.261 e. The average molecular weight is 231 g/mol. The molecule has 2 aromatic heterocycles. The Kier molecular flexibility index (Phi) is 2.96. The predicted molar refractivity (Wildman–Crippen MR) is 68.3 cm³/mol. The van der Waals surface area contributed by atoms with E-state index in [4.69, 9.17) is 0 Å². The molecule has 0 saturated heterocycles. The lowest BCUT2D eigenvalue weighted by Crippen LogP contribution is -2.21. The topological polar surface area (TPSA) is 47.8 Å². The molecule has 4 heteroatoms. The predicted octanol–water partition coefficient (Wildman–Crippen LogP) is 2.50. The summed E-state index contributed by atoms with van der Waals surface area (Å²) >= 11 is 0. The number of hydrogen-bond donors (Lipinski definition) is 0. The summed E-state index contributed by atoms with van der Waals surface area (Å²) < 4.78 is 1.70. The van der Waals surface area contributed by atoms with E-state index in [1.54, 1.807) is 17.0 Å². The minimum absolute atomic E-state index is 0.0205. The summed E-state index contributed by atoms with van der Waals surface area (Å²) in [7, 11) is 0. The Labute approximate surface area is 100 Å². The Hall–Kier alpha value is -1.71. The lowest BCUT2D eigenvalue weighted by atomic mass is 10.2. The molecule has 0 N–H and O–H groups in total. The number of rotatable bonds is 2. The van der Waals surface area contributed by atoms with Crippen molar-refractivity contribution >= 4 is 10.9 Å². The number of pyridine rings is 1. The van der Waals surface area contributed by atoms with Gasteiger partial charge in [-0.1, -0.05) is 13.8 Å². The first-order valence-electron chi connectivity index (χ1n) is 5.88. The van der Waals surface area contributed by atoms with E-state index < -0.39 is 0 Å². The van der Waals surface area contributed by atoms with Gasteiger partial charge in [0.25, 0.3) is 5.56 Å². The van der Waals surface area contributed by atoms with Crippen molar-refractivity contribution in [2.45, 2.75) is 39.7 Å². The van der Waals surface area contributed by atoms with Gasteiger partial charge in [-0.05, 0) is 19.9 Å². The highest BCUT2D eigenvalue weighted by atomic mass is 16.1. The minimum Gasteiger partial charge on any atom is -0.312 e. The van der Waals surface area contributed by atoms with Crippen LogP contribution in [0.2, 0.25) is 0 Å². The van der Waals surface area contributed by atoms with E-state index in [2.05, 4.69) is 9.97 Å². The molecule has 0 aromatic carbocycles. The van der Waals surface area contributed by atoms with Gasteiger partial charge in [0.05, 0.1) is 10.9 Å². The Morgan fingerprint density at radius 2 is 1.94 bits per heavy atom. The van der Waals surface area contributed by atoms with Crippen LogP contribution in [-0.4, -0.2) is 14.5 Å². The van der Waals surface area contributed by atoms with E-state index in [9.17, 15) is 4.79 Å². The average Bonchev–Trinajstić information content (AvgIpc) is 2.28. The first-order valence-corrected chi connectivity index (χ1v) is 5.88. The number of nitrogens with zero attached hydrogens (tertiary/aromatic N) is 3. The molecule has 2 heterocycles. The molecule has 17 heavy (non-hydrogen) atoms. The van der Waals surface area contributed by atoms with E-state index in [-0.39, 0.29) is 17.5 Å². The van der Waals surface area contributed by atoms with Gasteiger partial charge in [0.15, 0.2) is 0 Å². The highest BCUT2D eigenvalue weighted by Gasteiger charge is 2.09. The Balaban J connectivity index is 2.69. The van der Waals surface area contributed by atoms with Crippen molar-refractivity contribution in [3.05, 3.63) is 34.6 Å². The van der Waals surface area contributed by atoms with Crippen LogP contribution in [-0.2, 0) is 0 Å². The van der Waals surface area contributed by atoms with Crippen molar-refractivity contribution in [1.29, 1.82) is 0 Å². The van der Waals surface area contributed by atoms with Gasteiger partial charge in [-0.2, -0.15) is 0 Å². The zero-order valence-corrected chi connectivity index (χ0v) is 10.6.